The van der Waals surface area contributed by atoms with Crippen molar-refractivity contribution in [2.75, 3.05) is 6.61 Å². The van der Waals surface area contributed by atoms with Crippen LogP contribution in [0.25, 0.3) is 0 Å². The van der Waals surface area contributed by atoms with Gasteiger partial charge in [0.2, 0.25) is 5.91 Å². The molecule has 0 aliphatic rings. The summed E-state index contributed by atoms with van der Waals surface area (Å²) in [5.41, 5.74) is 2.08. The van der Waals surface area contributed by atoms with Crippen LogP contribution < -0.4 is 11.3 Å². The topological polar surface area (TPSA) is 64.3 Å². The average molecular weight is 216 g/mol. The number of hydrogen-bond acceptors (Lipinski definition) is 3. The molecule has 90 valence electrons. The first kappa shape index (κ1) is 14.4. The van der Waals surface area contributed by atoms with Gasteiger partial charge in [-0.3, -0.25) is 10.2 Å². The Morgan fingerprint density at radius 1 is 1.40 bits per heavy atom. The molecule has 4 nitrogen and oxygen atoms in total. The van der Waals surface area contributed by atoms with Gasteiger partial charge in [0.05, 0.1) is 19.1 Å². The monoisotopic (exact) mass is 216 g/mol. The van der Waals surface area contributed by atoms with Crippen LogP contribution in [-0.4, -0.2) is 18.6 Å². The quantitative estimate of drug-likeness (QED) is 0.267. The minimum atomic E-state index is -0.173. The molecule has 0 saturated heterocycles. The average Bonchev–Trinajstić information content (AvgIpc) is 2.24. The van der Waals surface area contributed by atoms with Crippen molar-refractivity contribution in [2.45, 2.75) is 58.5 Å². The third-order valence-corrected chi connectivity index (χ3v) is 2.36. The summed E-state index contributed by atoms with van der Waals surface area (Å²) >= 11 is 0. The molecule has 0 aliphatic carbocycles. The van der Waals surface area contributed by atoms with E-state index in [0.29, 0.717) is 13.0 Å². The van der Waals surface area contributed by atoms with Crippen molar-refractivity contribution < 1.29 is 9.53 Å². The van der Waals surface area contributed by atoms with E-state index in [9.17, 15) is 4.79 Å². The predicted molar refractivity (Wildman–Crippen MR) is 61.1 cm³/mol. The zero-order valence-electron chi connectivity index (χ0n) is 9.92. The summed E-state index contributed by atoms with van der Waals surface area (Å²) in [7, 11) is 0. The number of ether oxygens (including phenoxy) is 1. The van der Waals surface area contributed by atoms with Crippen molar-refractivity contribution in [1.82, 2.24) is 5.43 Å². The summed E-state index contributed by atoms with van der Waals surface area (Å²) < 4.78 is 5.48. The van der Waals surface area contributed by atoms with Crippen LogP contribution in [0.1, 0.15) is 52.4 Å². The maximum Gasteiger partial charge on any atom is 0.236 e. The molecule has 1 atom stereocenters. The Bertz CT molecular complexity index is 163. The highest BCUT2D eigenvalue weighted by atomic mass is 16.5. The van der Waals surface area contributed by atoms with Gasteiger partial charge in [-0.2, -0.15) is 0 Å². The molecule has 0 saturated carbocycles. The van der Waals surface area contributed by atoms with Gasteiger partial charge in [0.1, 0.15) is 0 Å². The van der Waals surface area contributed by atoms with Crippen LogP contribution in [-0.2, 0) is 9.53 Å². The van der Waals surface area contributed by atoms with Crippen LogP contribution in [0.5, 0.6) is 0 Å². The molecule has 0 spiro atoms. The fourth-order valence-corrected chi connectivity index (χ4v) is 1.37. The molecule has 3 N–H and O–H groups in total. The minimum Gasteiger partial charge on any atom is -0.378 e. The van der Waals surface area contributed by atoms with Gasteiger partial charge in [0, 0.05) is 0 Å². The van der Waals surface area contributed by atoms with Crippen LogP contribution in [0.4, 0.5) is 0 Å². The van der Waals surface area contributed by atoms with Gasteiger partial charge in [-0.15, -0.1) is 0 Å². The molecular formula is C11H24N2O2. The summed E-state index contributed by atoms with van der Waals surface area (Å²) in [4.78, 5) is 10.8. The van der Waals surface area contributed by atoms with Crippen LogP contribution >= 0.6 is 0 Å². The van der Waals surface area contributed by atoms with Crippen LogP contribution in [0, 0.1) is 0 Å². The van der Waals surface area contributed by atoms with Gasteiger partial charge in [-0.05, 0) is 13.3 Å². The SMILES string of the molecule is CCCCCCC(C)OCCC(=O)NN. The first-order valence-corrected chi connectivity index (χ1v) is 5.81. The lowest BCUT2D eigenvalue weighted by Crippen LogP contribution is -2.31. The molecule has 0 heterocycles. The Morgan fingerprint density at radius 2 is 2.13 bits per heavy atom. The lowest BCUT2D eigenvalue weighted by Gasteiger charge is -2.12. The Balaban J connectivity index is 3.25. The molecule has 0 aromatic heterocycles. The zero-order chi connectivity index (χ0) is 11.5. The van der Waals surface area contributed by atoms with Crippen molar-refractivity contribution in [3.8, 4) is 0 Å². The molecule has 15 heavy (non-hydrogen) atoms. The van der Waals surface area contributed by atoms with Crippen LogP contribution in [0.15, 0.2) is 0 Å². The minimum absolute atomic E-state index is 0.173. The number of hydrogen-bond donors (Lipinski definition) is 2. The molecule has 1 unspecified atom stereocenters. The molecule has 1 amide bonds. The van der Waals surface area contributed by atoms with E-state index in [2.05, 4.69) is 12.3 Å². The third kappa shape index (κ3) is 9.69. The van der Waals surface area contributed by atoms with E-state index in [1.807, 2.05) is 6.92 Å². The van der Waals surface area contributed by atoms with E-state index < -0.39 is 0 Å². The van der Waals surface area contributed by atoms with E-state index in [1.165, 1.54) is 25.7 Å². The second-order valence-electron chi connectivity index (χ2n) is 3.85. The van der Waals surface area contributed by atoms with E-state index in [1.54, 1.807) is 0 Å². The Hall–Kier alpha value is -0.610. The van der Waals surface area contributed by atoms with Crippen molar-refractivity contribution in [1.29, 1.82) is 0 Å². The highest BCUT2D eigenvalue weighted by Gasteiger charge is 2.03. The second-order valence-corrected chi connectivity index (χ2v) is 3.85. The first-order valence-electron chi connectivity index (χ1n) is 5.81. The summed E-state index contributed by atoms with van der Waals surface area (Å²) in [5, 5.41) is 0. The Labute approximate surface area is 92.5 Å². The van der Waals surface area contributed by atoms with Crippen molar-refractivity contribution in [2.24, 2.45) is 5.84 Å². The largest absolute Gasteiger partial charge is 0.378 e. The molecule has 0 aromatic carbocycles. The van der Waals surface area contributed by atoms with Crippen LogP contribution in [0.3, 0.4) is 0 Å². The molecule has 0 aliphatic heterocycles. The number of carbonyl (C=O) groups is 1. The van der Waals surface area contributed by atoms with Gasteiger partial charge >= 0.3 is 0 Å². The number of rotatable bonds is 9. The number of carbonyl (C=O) groups excluding carboxylic acids is 1. The molecule has 0 rings (SSSR count). The molecule has 0 bridgehead atoms. The fourth-order valence-electron chi connectivity index (χ4n) is 1.37. The number of unbranched alkanes of at least 4 members (excludes halogenated alkanes) is 3. The fraction of sp³-hybridized carbons (Fsp3) is 0.909. The number of amides is 1. The van der Waals surface area contributed by atoms with Gasteiger partial charge in [-0.1, -0.05) is 32.6 Å². The third-order valence-electron chi connectivity index (χ3n) is 2.36. The summed E-state index contributed by atoms with van der Waals surface area (Å²) in [5.74, 6) is 4.77. The Kier molecular flexibility index (Phi) is 9.52. The zero-order valence-corrected chi connectivity index (χ0v) is 9.92. The maximum atomic E-state index is 10.8. The predicted octanol–water partition coefficient (Wildman–Crippen LogP) is 1.74. The van der Waals surface area contributed by atoms with Gasteiger partial charge in [0.15, 0.2) is 0 Å². The van der Waals surface area contributed by atoms with Crippen molar-refractivity contribution in [3.63, 3.8) is 0 Å². The smallest absolute Gasteiger partial charge is 0.236 e. The number of hydrazine groups is 1. The summed E-state index contributed by atoms with van der Waals surface area (Å²) in [6, 6.07) is 0. The van der Waals surface area contributed by atoms with Gasteiger partial charge in [-0.25, -0.2) is 5.84 Å². The van der Waals surface area contributed by atoms with E-state index in [4.69, 9.17) is 10.6 Å². The van der Waals surface area contributed by atoms with Gasteiger partial charge < -0.3 is 4.74 Å². The highest BCUT2D eigenvalue weighted by Crippen LogP contribution is 2.07. The van der Waals surface area contributed by atoms with E-state index in [-0.39, 0.29) is 12.0 Å². The highest BCUT2D eigenvalue weighted by molar-refractivity contribution is 5.75. The van der Waals surface area contributed by atoms with Crippen molar-refractivity contribution in [3.05, 3.63) is 0 Å². The number of nitrogens with one attached hydrogen (secondary N) is 1. The van der Waals surface area contributed by atoms with Crippen molar-refractivity contribution >= 4 is 5.91 Å². The lowest BCUT2D eigenvalue weighted by atomic mass is 10.1. The van der Waals surface area contributed by atoms with Crippen LogP contribution in [0.2, 0.25) is 0 Å². The molecular weight excluding hydrogens is 192 g/mol. The summed E-state index contributed by atoms with van der Waals surface area (Å²) in [6.07, 6.45) is 6.69. The normalized spacial score (nSPS) is 12.5. The summed E-state index contributed by atoms with van der Waals surface area (Å²) in [6.45, 7) is 4.70. The lowest BCUT2D eigenvalue weighted by molar-refractivity contribution is -0.122. The molecule has 0 radical (unpaired) electrons. The molecule has 4 heteroatoms. The van der Waals surface area contributed by atoms with E-state index in [0.717, 1.165) is 6.42 Å². The molecule has 0 aromatic rings. The Morgan fingerprint density at radius 3 is 2.73 bits per heavy atom. The van der Waals surface area contributed by atoms with Gasteiger partial charge in [0.25, 0.3) is 0 Å². The number of nitrogens with two attached hydrogens (primary N) is 1. The molecule has 0 fully saturated rings. The standard InChI is InChI=1S/C11H24N2O2/c1-3-4-5-6-7-10(2)15-9-8-11(14)13-12/h10H,3-9,12H2,1-2H3,(H,13,14). The van der Waals surface area contributed by atoms with E-state index >= 15 is 0 Å². The second kappa shape index (κ2) is 9.93. The maximum absolute atomic E-state index is 10.8. The first-order chi connectivity index (χ1) is 7.20.